The topological polar surface area (TPSA) is 52.0 Å². The number of benzene rings is 1. The van der Waals surface area contributed by atoms with Gasteiger partial charge in [0.15, 0.2) is 0 Å². The Hall–Kier alpha value is -1.77. The van der Waals surface area contributed by atoms with E-state index in [9.17, 15) is 0 Å². The van der Waals surface area contributed by atoms with Crippen LogP contribution in [0.5, 0.6) is 0 Å². The van der Waals surface area contributed by atoms with Crippen molar-refractivity contribution in [2.45, 2.75) is 13.8 Å². The van der Waals surface area contributed by atoms with Gasteiger partial charge < -0.3 is 10.2 Å². The quantitative estimate of drug-likeness (QED) is 0.699. The van der Waals surface area contributed by atoms with Crippen LogP contribution in [0, 0.1) is 13.8 Å². The Morgan fingerprint density at radius 3 is 2.71 bits per heavy atom. The normalized spacial score (nSPS) is 10.4. The van der Waals surface area contributed by atoms with Gasteiger partial charge in [-0.15, -0.1) is 0 Å². The third-order valence-corrected chi connectivity index (χ3v) is 2.06. The number of nitrogens with zero attached hydrogens (tertiary/aromatic N) is 1. The Balaban J connectivity index is 2.55. The Morgan fingerprint density at radius 1 is 1.29 bits per heavy atom. The van der Waals surface area contributed by atoms with E-state index in [-0.39, 0.29) is 0 Å². The van der Waals surface area contributed by atoms with Crippen molar-refractivity contribution in [2.75, 3.05) is 5.73 Å². The second-order valence-corrected chi connectivity index (χ2v) is 3.38. The number of rotatable bonds is 1. The lowest BCUT2D eigenvalue weighted by Crippen LogP contribution is -1.90. The molecule has 72 valence electrons. The minimum absolute atomic E-state index is 0.587. The fourth-order valence-corrected chi connectivity index (χ4v) is 1.33. The van der Waals surface area contributed by atoms with Crippen LogP contribution < -0.4 is 5.73 Å². The van der Waals surface area contributed by atoms with Crippen LogP contribution in [-0.4, -0.2) is 4.98 Å². The number of hydrogen-bond acceptors (Lipinski definition) is 3. The van der Waals surface area contributed by atoms with Crippen LogP contribution in [0.15, 0.2) is 28.9 Å². The number of nitrogens with two attached hydrogens (primary N) is 1. The average Bonchev–Trinajstić information content (AvgIpc) is 2.56. The van der Waals surface area contributed by atoms with Gasteiger partial charge in [0.25, 0.3) is 0 Å². The van der Waals surface area contributed by atoms with Gasteiger partial charge >= 0.3 is 0 Å². The molecule has 1 aromatic heterocycles. The Kier molecular flexibility index (Phi) is 2.00. The Labute approximate surface area is 82.6 Å². The molecule has 2 rings (SSSR count). The smallest absolute Gasteiger partial charge is 0.228 e. The number of anilines is 1. The predicted octanol–water partition coefficient (Wildman–Crippen LogP) is 2.54. The molecule has 2 aromatic rings. The molecule has 0 unspecified atom stereocenters. The maximum atomic E-state index is 5.83. The zero-order valence-electron chi connectivity index (χ0n) is 8.24. The predicted molar refractivity (Wildman–Crippen MR) is 55.8 cm³/mol. The van der Waals surface area contributed by atoms with Crippen LogP contribution >= 0.6 is 0 Å². The van der Waals surface area contributed by atoms with E-state index in [0.717, 1.165) is 16.8 Å². The molecule has 0 aliphatic carbocycles. The van der Waals surface area contributed by atoms with Crippen molar-refractivity contribution in [1.82, 2.24) is 4.98 Å². The van der Waals surface area contributed by atoms with E-state index in [1.54, 1.807) is 6.26 Å². The summed E-state index contributed by atoms with van der Waals surface area (Å²) in [6.07, 6.45) is 1.62. The zero-order chi connectivity index (χ0) is 10.1. The van der Waals surface area contributed by atoms with Gasteiger partial charge in [0, 0.05) is 5.69 Å². The highest BCUT2D eigenvalue weighted by Crippen LogP contribution is 2.25. The molecule has 0 radical (unpaired) electrons. The third-order valence-electron chi connectivity index (χ3n) is 2.06. The van der Waals surface area contributed by atoms with Crippen LogP contribution in [-0.2, 0) is 0 Å². The van der Waals surface area contributed by atoms with Crippen molar-refractivity contribution >= 4 is 5.69 Å². The maximum Gasteiger partial charge on any atom is 0.228 e. The minimum atomic E-state index is 0.587. The zero-order valence-corrected chi connectivity index (χ0v) is 8.24. The molecule has 14 heavy (non-hydrogen) atoms. The summed E-state index contributed by atoms with van der Waals surface area (Å²) in [6, 6.07) is 5.80. The lowest BCUT2D eigenvalue weighted by atomic mass is 10.1. The molecule has 3 heteroatoms. The van der Waals surface area contributed by atoms with E-state index in [1.807, 2.05) is 32.0 Å². The molecule has 0 saturated carbocycles. The second kappa shape index (κ2) is 3.18. The van der Waals surface area contributed by atoms with Crippen LogP contribution in [0.25, 0.3) is 11.5 Å². The van der Waals surface area contributed by atoms with Crippen molar-refractivity contribution in [3.8, 4) is 11.5 Å². The summed E-state index contributed by atoms with van der Waals surface area (Å²) in [5.74, 6) is 0.587. The number of hydrogen-bond donors (Lipinski definition) is 1. The van der Waals surface area contributed by atoms with Crippen LogP contribution in [0.4, 0.5) is 5.69 Å². The van der Waals surface area contributed by atoms with Gasteiger partial charge in [-0.05, 0) is 26.0 Å². The highest BCUT2D eigenvalue weighted by molar-refractivity contribution is 5.71. The van der Waals surface area contributed by atoms with E-state index in [4.69, 9.17) is 10.2 Å². The highest BCUT2D eigenvalue weighted by Gasteiger charge is 2.07. The molecular weight excluding hydrogens is 176 g/mol. The van der Waals surface area contributed by atoms with Crippen molar-refractivity contribution in [1.29, 1.82) is 0 Å². The first kappa shape index (κ1) is 8.81. The average molecular weight is 188 g/mol. The summed E-state index contributed by atoms with van der Waals surface area (Å²) >= 11 is 0. The molecular formula is C11H12N2O. The van der Waals surface area contributed by atoms with Crippen molar-refractivity contribution in [2.24, 2.45) is 0 Å². The largest absolute Gasteiger partial charge is 0.444 e. The standard InChI is InChI=1S/C11H12N2O/c1-7-3-4-10(12)9(5-7)11-13-8(2)6-14-11/h3-6H,12H2,1-2H3. The number of aromatic nitrogens is 1. The lowest BCUT2D eigenvalue weighted by Gasteiger charge is -2.01. The monoisotopic (exact) mass is 188 g/mol. The first-order valence-electron chi connectivity index (χ1n) is 4.45. The summed E-state index contributed by atoms with van der Waals surface area (Å²) in [5.41, 5.74) is 9.39. The summed E-state index contributed by atoms with van der Waals surface area (Å²) in [4.78, 5) is 4.24. The lowest BCUT2D eigenvalue weighted by molar-refractivity contribution is 0.573. The van der Waals surface area contributed by atoms with E-state index in [1.165, 1.54) is 0 Å². The first-order valence-corrected chi connectivity index (χ1v) is 4.45. The number of oxazole rings is 1. The number of nitrogen functional groups attached to an aromatic ring is 1. The van der Waals surface area contributed by atoms with Gasteiger partial charge in [0.1, 0.15) is 6.26 Å². The molecule has 1 heterocycles. The van der Waals surface area contributed by atoms with E-state index >= 15 is 0 Å². The molecule has 0 bridgehead atoms. The van der Waals surface area contributed by atoms with E-state index in [0.29, 0.717) is 11.6 Å². The minimum Gasteiger partial charge on any atom is -0.444 e. The van der Waals surface area contributed by atoms with Crippen LogP contribution in [0.3, 0.4) is 0 Å². The number of aryl methyl sites for hydroxylation is 2. The van der Waals surface area contributed by atoms with Gasteiger partial charge in [-0.1, -0.05) is 11.6 Å². The molecule has 0 atom stereocenters. The molecule has 0 amide bonds. The SMILES string of the molecule is Cc1ccc(N)c(-c2nc(C)co2)c1. The van der Waals surface area contributed by atoms with E-state index in [2.05, 4.69) is 4.98 Å². The first-order chi connectivity index (χ1) is 6.66. The molecule has 0 spiro atoms. The molecule has 3 nitrogen and oxygen atoms in total. The van der Waals surface area contributed by atoms with Gasteiger partial charge in [-0.2, -0.15) is 0 Å². The Bertz CT molecular complexity index is 460. The van der Waals surface area contributed by atoms with Gasteiger partial charge in [-0.25, -0.2) is 4.98 Å². The summed E-state index contributed by atoms with van der Waals surface area (Å²) in [7, 11) is 0. The van der Waals surface area contributed by atoms with Crippen LogP contribution in [0.2, 0.25) is 0 Å². The fourth-order valence-electron chi connectivity index (χ4n) is 1.33. The summed E-state index contributed by atoms with van der Waals surface area (Å²) in [5, 5.41) is 0. The summed E-state index contributed by atoms with van der Waals surface area (Å²) in [6.45, 7) is 3.90. The van der Waals surface area contributed by atoms with Crippen molar-refractivity contribution in [3.63, 3.8) is 0 Å². The second-order valence-electron chi connectivity index (χ2n) is 3.38. The third kappa shape index (κ3) is 1.48. The maximum absolute atomic E-state index is 5.83. The van der Waals surface area contributed by atoms with Crippen molar-refractivity contribution in [3.05, 3.63) is 35.7 Å². The summed E-state index contributed by atoms with van der Waals surface area (Å²) < 4.78 is 5.30. The Morgan fingerprint density at radius 2 is 2.07 bits per heavy atom. The van der Waals surface area contributed by atoms with Gasteiger partial charge in [-0.3, -0.25) is 0 Å². The molecule has 0 aliphatic rings. The van der Waals surface area contributed by atoms with Gasteiger partial charge in [0.05, 0.1) is 11.3 Å². The van der Waals surface area contributed by atoms with Crippen molar-refractivity contribution < 1.29 is 4.42 Å². The van der Waals surface area contributed by atoms with Crippen LogP contribution in [0.1, 0.15) is 11.3 Å². The molecule has 0 saturated heterocycles. The highest BCUT2D eigenvalue weighted by atomic mass is 16.3. The molecule has 0 fully saturated rings. The fraction of sp³-hybridized carbons (Fsp3) is 0.182. The van der Waals surface area contributed by atoms with Gasteiger partial charge in [0.2, 0.25) is 5.89 Å². The molecule has 0 aliphatic heterocycles. The van der Waals surface area contributed by atoms with E-state index < -0.39 is 0 Å². The molecule has 2 N–H and O–H groups in total. The molecule has 1 aromatic carbocycles.